The molecule has 3 aromatic carbocycles. The molecule has 4 atom stereocenters. The minimum atomic E-state index is -1.70. The molecule has 12 nitrogen and oxygen atoms in total. The number of nitrogens with one attached hydrogen (secondary N) is 1. The van der Waals surface area contributed by atoms with Crippen molar-refractivity contribution < 1.29 is 28.0 Å². The topological polar surface area (TPSA) is 137 Å². The zero-order valence-corrected chi connectivity index (χ0v) is 32.3. The largest absolute Gasteiger partial charge is 0.497 e. The van der Waals surface area contributed by atoms with Crippen molar-refractivity contribution >= 4 is 8.53 Å². The van der Waals surface area contributed by atoms with Gasteiger partial charge in [0, 0.05) is 24.7 Å². The molecule has 0 spiro atoms. The van der Waals surface area contributed by atoms with Gasteiger partial charge in [-0.3, -0.25) is 14.3 Å². The van der Waals surface area contributed by atoms with E-state index in [0.717, 1.165) is 16.7 Å². The number of hydrogen-bond acceptors (Lipinski definition) is 10. The van der Waals surface area contributed by atoms with Gasteiger partial charge in [-0.15, -0.1) is 6.42 Å². The number of terminal acetylenes is 1. The third kappa shape index (κ3) is 8.94. The Morgan fingerprint density at radius 3 is 2.04 bits per heavy atom. The molecule has 1 unspecified atom stereocenters. The number of hydrogen-bond donors (Lipinski definition) is 1. The average Bonchev–Trinajstić information content (AvgIpc) is 3.57. The van der Waals surface area contributed by atoms with E-state index < -0.39 is 43.8 Å². The summed E-state index contributed by atoms with van der Waals surface area (Å²) in [6.07, 6.45) is 5.07. The van der Waals surface area contributed by atoms with Crippen molar-refractivity contribution in [3.8, 4) is 29.9 Å². The number of nitrogens with zero attached hydrogens (tertiary/aromatic N) is 3. The van der Waals surface area contributed by atoms with Crippen LogP contribution in [-0.4, -0.2) is 65.9 Å². The van der Waals surface area contributed by atoms with E-state index in [1.807, 2.05) is 78.9 Å². The molecule has 1 aliphatic rings. The summed E-state index contributed by atoms with van der Waals surface area (Å²) in [6.45, 7) is 8.40. The lowest BCUT2D eigenvalue weighted by molar-refractivity contribution is -0.0925. The molecule has 1 aliphatic heterocycles. The van der Waals surface area contributed by atoms with E-state index in [9.17, 15) is 14.9 Å². The van der Waals surface area contributed by atoms with Crippen LogP contribution in [0.4, 0.5) is 0 Å². The second-order valence-electron chi connectivity index (χ2n) is 13.2. The number of rotatable bonds is 17. The van der Waals surface area contributed by atoms with Gasteiger partial charge in [0.2, 0.25) is 0 Å². The smallest absolute Gasteiger partial charge is 0.330 e. The fourth-order valence-corrected chi connectivity index (χ4v) is 8.38. The molecule has 1 N–H and O–H groups in total. The minimum Gasteiger partial charge on any atom is -0.497 e. The molecule has 1 fully saturated rings. The summed E-state index contributed by atoms with van der Waals surface area (Å²) in [7, 11) is 1.53. The van der Waals surface area contributed by atoms with Crippen molar-refractivity contribution in [2.75, 3.05) is 27.4 Å². The number of H-pyrrole nitrogens is 1. The lowest BCUT2D eigenvalue weighted by Crippen LogP contribution is -2.39. The molecule has 0 saturated carbocycles. The first kappa shape index (κ1) is 40.4. The summed E-state index contributed by atoms with van der Waals surface area (Å²) in [5.41, 5.74) is 0.0203. The first-order valence-electron chi connectivity index (χ1n) is 17.8. The van der Waals surface area contributed by atoms with E-state index in [2.05, 4.69) is 49.3 Å². The Kier molecular flexibility index (Phi) is 13.8. The number of aromatic amines is 1. The van der Waals surface area contributed by atoms with Crippen LogP contribution in [-0.2, 0) is 24.1 Å². The van der Waals surface area contributed by atoms with Crippen molar-refractivity contribution in [1.29, 1.82) is 5.26 Å². The number of methoxy groups -OCH3 is 2. The molecule has 1 saturated heterocycles. The summed E-state index contributed by atoms with van der Waals surface area (Å²) >= 11 is 0. The molecule has 13 heteroatoms. The maximum atomic E-state index is 13.2. The lowest BCUT2D eigenvalue weighted by Gasteiger charge is -2.39. The van der Waals surface area contributed by atoms with E-state index in [0.29, 0.717) is 11.5 Å². The fraction of sp³-hybridized carbons (Fsp3) is 0.390. The number of benzene rings is 3. The lowest BCUT2D eigenvalue weighted by atomic mass is 9.80. The second kappa shape index (κ2) is 18.5. The summed E-state index contributed by atoms with van der Waals surface area (Å²) in [4.78, 5) is 27.9. The molecule has 284 valence electrons. The van der Waals surface area contributed by atoms with Crippen molar-refractivity contribution in [2.45, 2.75) is 76.7 Å². The zero-order valence-electron chi connectivity index (χ0n) is 31.4. The molecule has 0 radical (unpaired) electrons. The number of ether oxygens (including phenoxy) is 4. The standard InChI is InChI=1S/C41H47N4O8P/c1-8-30-26-44(40(47)43-39(30)46)38-25-36(53-54(51-24-12-23-42)45(28(2)3)29(4)5)37(52-38)27-50-41(31-13-10-9-11-14-31,32-15-19-34(48-6)20-16-32)33-17-21-35(49-7)22-18-33/h1,9-11,13-22,26,28-29,36-38H,12,24-25,27H2,2-7H3,(H,43,46,47)/t36-,37+,38+,54?/m0/s1. The molecule has 54 heavy (non-hydrogen) atoms. The van der Waals surface area contributed by atoms with Crippen LogP contribution in [0.15, 0.2) is 94.6 Å². The molecule has 4 aromatic rings. The molecule has 0 aliphatic carbocycles. The Morgan fingerprint density at radius 2 is 1.52 bits per heavy atom. The molecular formula is C41H47N4O8P. The average molecular weight is 755 g/mol. The number of nitriles is 1. The Labute approximate surface area is 317 Å². The van der Waals surface area contributed by atoms with Crippen LogP contribution in [0.25, 0.3) is 0 Å². The van der Waals surface area contributed by atoms with Gasteiger partial charge in [0.25, 0.3) is 14.1 Å². The van der Waals surface area contributed by atoms with Crippen LogP contribution in [0.3, 0.4) is 0 Å². The quantitative estimate of drug-likeness (QED) is 0.0551. The van der Waals surface area contributed by atoms with E-state index in [1.165, 1.54) is 10.8 Å². The monoisotopic (exact) mass is 754 g/mol. The molecule has 0 bridgehead atoms. The van der Waals surface area contributed by atoms with Gasteiger partial charge in [-0.1, -0.05) is 60.5 Å². The molecule has 1 aromatic heterocycles. The van der Waals surface area contributed by atoms with Crippen LogP contribution in [0.1, 0.15) is 69.0 Å². The van der Waals surface area contributed by atoms with E-state index in [4.69, 9.17) is 34.4 Å². The second-order valence-corrected chi connectivity index (χ2v) is 14.6. The Hall–Kier alpha value is -4.78. The predicted molar refractivity (Wildman–Crippen MR) is 206 cm³/mol. The Bertz CT molecular complexity index is 1960. The van der Waals surface area contributed by atoms with Gasteiger partial charge in [0.15, 0.2) is 0 Å². The maximum absolute atomic E-state index is 13.2. The van der Waals surface area contributed by atoms with E-state index >= 15 is 0 Å². The number of aromatic nitrogens is 2. The van der Waals surface area contributed by atoms with Gasteiger partial charge in [0.05, 0.1) is 46.0 Å². The maximum Gasteiger partial charge on any atom is 0.330 e. The van der Waals surface area contributed by atoms with Crippen molar-refractivity contribution in [2.24, 2.45) is 0 Å². The van der Waals surface area contributed by atoms with Gasteiger partial charge < -0.3 is 28.0 Å². The highest BCUT2D eigenvalue weighted by Crippen LogP contribution is 2.50. The highest BCUT2D eigenvalue weighted by Gasteiger charge is 2.45. The molecular weight excluding hydrogens is 707 g/mol. The molecule has 2 heterocycles. The van der Waals surface area contributed by atoms with Crippen LogP contribution in [0.2, 0.25) is 0 Å². The van der Waals surface area contributed by atoms with Crippen LogP contribution < -0.4 is 20.7 Å². The highest BCUT2D eigenvalue weighted by atomic mass is 31.2. The fourth-order valence-electron chi connectivity index (χ4n) is 6.63. The van der Waals surface area contributed by atoms with Crippen molar-refractivity contribution in [3.63, 3.8) is 0 Å². The SMILES string of the molecule is C#Cc1cn([C@H]2C[C@H](OP(OCCC#N)N(C(C)C)C(C)C)[C@@H](COC(c3ccccc3)(c3ccc(OC)cc3)c3ccc(OC)cc3)O2)c(=O)[nH]c1=O. The van der Waals surface area contributed by atoms with Gasteiger partial charge in [-0.2, -0.15) is 5.26 Å². The van der Waals surface area contributed by atoms with Crippen molar-refractivity contribution in [3.05, 3.63) is 128 Å². The summed E-state index contributed by atoms with van der Waals surface area (Å²) in [6, 6.07) is 27.5. The summed E-state index contributed by atoms with van der Waals surface area (Å²) < 4.78 is 41.4. The van der Waals surface area contributed by atoms with Gasteiger partial charge in [-0.05, 0) is 68.7 Å². The Morgan fingerprint density at radius 1 is 0.944 bits per heavy atom. The van der Waals surface area contributed by atoms with E-state index in [-0.39, 0.29) is 43.7 Å². The van der Waals surface area contributed by atoms with Gasteiger partial charge in [0.1, 0.15) is 35.0 Å². The molecule has 0 amide bonds. The van der Waals surface area contributed by atoms with Crippen molar-refractivity contribution in [1.82, 2.24) is 14.2 Å². The Balaban J connectivity index is 1.61. The van der Waals surface area contributed by atoms with E-state index in [1.54, 1.807) is 14.2 Å². The summed E-state index contributed by atoms with van der Waals surface area (Å²) in [5, 5.41) is 9.30. The normalized spacial score (nSPS) is 17.7. The predicted octanol–water partition coefficient (Wildman–Crippen LogP) is 6.49. The van der Waals surface area contributed by atoms with Gasteiger partial charge in [-0.25, -0.2) is 9.46 Å². The van der Waals surface area contributed by atoms with Gasteiger partial charge >= 0.3 is 5.69 Å². The third-order valence-corrected chi connectivity index (χ3v) is 11.3. The molecule has 5 rings (SSSR count). The van der Waals surface area contributed by atoms with Crippen LogP contribution >= 0.6 is 8.53 Å². The highest BCUT2D eigenvalue weighted by molar-refractivity contribution is 7.44. The summed E-state index contributed by atoms with van der Waals surface area (Å²) in [5.74, 6) is 3.72. The third-order valence-electron chi connectivity index (χ3n) is 9.14. The first-order valence-corrected chi connectivity index (χ1v) is 18.9. The van der Waals surface area contributed by atoms with Crippen LogP contribution in [0.5, 0.6) is 11.5 Å². The van der Waals surface area contributed by atoms with Crippen LogP contribution in [0, 0.1) is 23.7 Å². The zero-order chi connectivity index (χ0) is 38.8. The first-order chi connectivity index (χ1) is 26.1. The minimum absolute atomic E-state index is 0.00105.